The molecule has 1 aliphatic rings. The van der Waals surface area contributed by atoms with Gasteiger partial charge in [-0.3, -0.25) is 4.79 Å². The van der Waals surface area contributed by atoms with E-state index in [9.17, 15) is 4.79 Å². The summed E-state index contributed by atoms with van der Waals surface area (Å²) >= 11 is 1.53. The normalized spacial score (nSPS) is 15.6. The van der Waals surface area contributed by atoms with E-state index in [4.69, 9.17) is 4.42 Å². The Hall–Kier alpha value is -1.75. The highest BCUT2D eigenvalue weighted by Crippen LogP contribution is 2.25. The first kappa shape index (κ1) is 15.2. The lowest BCUT2D eigenvalue weighted by molar-refractivity contribution is 0.0924. The van der Waals surface area contributed by atoms with Crippen LogP contribution < -0.4 is 5.32 Å². The van der Waals surface area contributed by atoms with Crippen molar-refractivity contribution in [3.8, 4) is 0 Å². The van der Waals surface area contributed by atoms with Gasteiger partial charge in [0.25, 0.3) is 5.91 Å². The molecule has 3 rings (SSSR count). The molecular weight excluding hydrogens is 296 g/mol. The zero-order valence-corrected chi connectivity index (χ0v) is 13.3. The number of rotatable bonds is 5. The van der Waals surface area contributed by atoms with E-state index in [-0.39, 0.29) is 5.91 Å². The molecule has 0 bridgehead atoms. The number of thioether (sulfide) groups is 1. The molecule has 1 aliphatic carbocycles. The Morgan fingerprint density at radius 3 is 2.91 bits per heavy atom. The number of carbonyl (C=O) groups is 1. The molecule has 0 aliphatic heterocycles. The van der Waals surface area contributed by atoms with Crippen molar-refractivity contribution in [2.75, 3.05) is 0 Å². The lowest BCUT2D eigenvalue weighted by Crippen LogP contribution is -2.36. The molecule has 1 amide bonds. The molecule has 4 nitrogen and oxygen atoms in total. The Morgan fingerprint density at radius 1 is 1.27 bits per heavy atom. The zero-order chi connectivity index (χ0) is 15.2. The van der Waals surface area contributed by atoms with Crippen LogP contribution in [0, 0.1) is 0 Å². The molecule has 0 unspecified atom stereocenters. The summed E-state index contributed by atoms with van der Waals surface area (Å²) < 4.78 is 5.33. The Bertz CT molecular complexity index is 607. The van der Waals surface area contributed by atoms with Crippen molar-refractivity contribution < 1.29 is 9.21 Å². The summed E-state index contributed by atoms with van der Waals surface area (Å²) in [6, 6.07) is 7.76. The van der Waals surface area contributed by atoms with Crippen molar-refractivity contribution in [2.24, 2.45) is 0 Å². The lowest BCUT2D eigenvalue weighted by atomic mass is 9.95. The molecule has 0 saturated heterocycles. The van der Waals surface area contributed by atoms with E-state index in [2.05, 4.69) is 10.3 Å². The van der Waals surface area contributed by atoms with E-state index in [0.29, 0.717) is 17.4 Å². The predicted molar refractivity (Wildman–Crippen MR) is 86.8 cm³/mol. The van der Waals surface area contributed by atoms with Gasteiger partial charge in [-0.05, 0) is 37.1 Å². The van der Waals surface area contributed by atoms with Gasteiger partial charge in [-0.25, -0.2) is 4.98 Å². The van der Waals surface area contributed by atoms with Gasteiger partial charge in [0.05, 0.1) is 17.6 Å². The van der Waals surface area contributed by atoms with Crippen molar-refractivity contribution in [3.63, 3.8) is 0 Å². The van der Waals surface area contributed by atoms with Crippen LogP contribution >= 0.6 is 11.8 Å². The molecule has 22 heavy (non-hydrogen) atoms. The minimum Gasteiger partial charge on any atom is -0.468 e. The molecule has 2 aromatic rings. The zero-order valence-electron chi connectivity index (χ0n) is 12.5. The topological polar surface area (TPSA) is 55.1 Å². The fourth-order valence-corrected chi connectivity index (χ4v) is 3.62. The molecule has 0 radical (unpaired) electrons. The number of hydrogen-bond donors (Lipinski definition) is 1. The molecule has 1 fully saturated rings. The number of carbonyl (C=O) groups excluding carboxylic acids is 1. The summed E-state index contributed by atoms with van der Waals surface area (Å²) in [6.07, 6.45) is 9.24. The first-order valence-electron chi connectivity index (χ1n) is 7.74. The second kappa shape index (κ2) is 7.49. The maximum atomic E-state index is 12.5. The summed E-state index contributed by atoms with van der Waals surface area (Å²) in [6.45, 7) is 0. The molecule has 1 saturated carbocycles. The highest BCUT2D eigenvalue weighted by molar-refractivity contribution is 7.98. The van der Waals surface area contributed by atoms with Crippen LogP contribution in [-0.2, 0) is 5.75 Å². The fraction of sp³-hybridized carbons (Fsp3) is 0.412. The van der Waals surface area contributed by atoms with Gasteiger partial charge in [0.15, 0.2) is 0 Å². The van der Waals surface area contributed by atoms with Gasteiger partial charge in [0.1, 0.15) is 10.8 Å². The summed E-state index contributed by atoms with van der Waals surface area (Å²) in [5, 5.41) is 3.91. The monoisotopic (exact) mass is 316 g/mol. The van der Waals surface area contributed by atoms with Crippen LogP contribution in [0.1, 0.15) is 48.2 Å². The number of furan rings is 1. The van der Waals surface area contributed by atoms with Gasteiger partial charge in [-0.15, -0.1) is 0 Å². The molecule has 0 spiro atoms. The maximum Gasteiger partial charge on any atom is 0.254 e. The standard InChI is InChI=1S/C17H20N2O2S/c20-16(19-13-6-2-1-3-7-13)15-9-4-10-18-17(15)22-12-14-8-5-11-21-14/h4-5,8-11,13H,1-3,6-7,12H2,(H,19,20). The second-order valence-electron chi connectivity index (χ2n) is 5.53. The molecule has 0 aromatic carbocycles. The van der Waals surface area contributed by atoms with E-state index in [0.717, 1.165) is 23.6 Å². The molecule has 0 atom stereocenters. The number of nitrogens with zero attached hydrogens (tertiary/aromatic N) is 1. The molecule has 2 aromatic heterocycles. The smallest absolute Gasteiger partial charge is 0.254 e. The van der Waals surface area contributed by atoms with Gasteiger partial charge in [-0.2, -0.15) is 0 Å². The van der Waals surface area contributed by atoms with Gasteiger partial charge >= 0.3 is 0 Å². The minimum absolute atomic E-state index is 0.0121. The van der Waals surface area contributed by atoms with Crippen molar-refractivity contribution in [2.45, 2.75) is 48.9 Å². The third kappa shape index (κ3) is 3.91. The van der Waals surface area contributed by atoms with Crippen LogP contribution in [0.4, 0.5) is 0 Å². The van der Waals surface area contributed by atoms with E-state index < -0.39 is 0 Å². The Labute approximate surface area is 134 Å². The average molecular weight is 316 g/mol. The summed E-state index contributed by atoms with van der Waals surface area (Å²) in [4.78, 5) is 16.9. The Morgan fingerprint density at radius 2 is 2.14 bits per heavy atom. The quantitative estimate of drug-likeness (QED) is 0.846. The van der Waals surface area contributed by atoms with Crippen molar-refractivity contribution >= 4 is 17.7 Å². The van der Waals surface area contributed by atoms with E-state index >= 15 is 0 Å². The average Bonchev–Trinajstić information content (AvgIpc) is 3.07. The van der Waals surface area contributed by atoms with Crippen molar-refractivity contribution in [1.29, 1.82) is 0 Å². The first-order chi connectivity index (χ1) is 10.8. The van der Waals surface area contributed by atoms with Gasteiger partial charge in [-0.1, -0.05) is 31.0 Å². The van der Waals surface area contributed by atoms with Crippen LogP contribution in [0.5, 0.6) is 0 Å². The predicted octanol–water partition coefficient (Wildman–Crippen LogP) is 4.03. The highest BCUT2D eigenvalue weighted by Gasteiger charge is 2.19. The lowest BCUT2D eigenvalue weighted by Gasteiger charge is -2.23. The minimum atomic E-state index is -0.0121. The summed E-state index contributed by atoms with van der Waals surface area (Å²) in [5.74, 6) is 1.55. The summed E-state index contributed by atoms with van der Waals surface area (Å²) in [7, 11) is 0. The molecule has 2 heterocycles. The Kier molecular flexibility index (Phi) is 5.16. The number of nitrogens with one attached hydrogen (secondary N) is 1. The maximum absolute atomic E-state index is 12.5. The second-order valence-corrected chi connectivity index (χ2v) is 6.50. The highest BCUT2D eigenvalue weighted by atomic mass is 32.2. The SMILES string of the molecule is O=C(NC1CCCCC1)c1cccnc1SCc1ccco1. The summed E-state index contributed by atoms with van der Waals surface area (Å²) in [5.41, 5.74) is 0.657. The molecule has 116 valence electrons. The number of amides is 1. The van der Waals surface area contributed by atoms with Crippen LogP contribution in [-0.4, -0.2) is 16.9 Å². The fourth-order valence-electron chi connectivity index (χ4n) is 2.72. The van der Waals surface area contributed by atoms with E-state index in [1.807, 2.05) is 24.3 Å². The molecular formula is C17H20N2O2S. The van der Waals surface area contributed by atoms with Gasteiger partial charge < -0.3 is 9.73 Å². The van der Waals surface area contributed by atoms with Crippen LogP contribution in [0.25, 0.3) is 0 Å². The number of pyridine rings is 1. The first-order valence-corrected chi connectivity index (χ1v) is 8.72. The van der Waals surface area contributed by atoms with Crippen molar-refractivity contribution in [3.05, 3.63) is 48.0 Å². The third-order valence-electron chi connectivity index (χ3n) is 3.89. The van der Waals surface area contributed by atoms with Gasteiger partial charge in [0, 0.05) is 12.2 Å². The third-order valence-corrected chi connectivity index (χ3v) is 4.92. The van der Waals surface area contributed by atoms with Crippen LogP contribution in [0.3, 0.4) is 0 Å². The number of aromatic nitrogens is 1. The molecule has 5 heteroatoms. The van der Waals surface area contributed by atoms with Crippen LogP contribution in [0.2, 0.25) is 0 Å². The molecule has 1 N–H and O–H groups in total. The van der Waals surface area contributed by atoms with E-state index in [1.165, 1.54) is 31.0 Å². The largest absolute Gasteiger partial charge is 0.468 e. The van der Waals surface area contributed by atoms with E-state index in [1.54, 1.807) is 12.5 Å². The Balaban J connectivity index is 1.65. The van der Waals surface area contributed by atoms with Crippen molar-refractivity contribution in [1.82, 2.24) is 10.3 Å². The van der Waals surface area contributed by atoms with Crippen LogP contribution in [0.15, 0.2) is 46.2 Å². The number of hydrogen-bond acceptors (Lipinski definition) is 4. The van der Waals surface area contributed by atoms with Gasteiger partial charge in [0.2, 0.25) is 0 Å².